The van der Waals surface area contributed by atoms with Crippen LogP contribution in [0, 0.1) is 0 Å². The zero-order valence-corrected chi connectivity index (χ0v) is 11.9. The van der Waals surface area contributed by atoms with Gasteiger partial charge in [-0.15, -0.1) is 0 Å². The molecule has 0 aliphatic carbocycles. The number of hydrogen-bond acceptors (Lipinski definition) is 4. The van der Waals surface area contributed by atoms with E-state index in [4.69, 9.17) is 0 Å². The number of hydrogen-bond donors (Lipinski definition) is 1. The Kier molecular flexibility index (Phi) is 5.75. The predicted molar refractivity (Wildman–Crippen MR) is 71.2 cm³/mol. The molecule has 1 unspecified atom stereocenters. The number of carbonyl (C=O) groups excluding carboxylic acids is 2. The highest BCUT2D eigenvalue weighted by molar-refractivity contribution is 6.05. The van der Waals surface area contributed by atoms with E-state index in [9.17, 15) is 9.59 Å². The lowest BCUT2D eigenvalue weighted by molar-refractivity contribution is -0.138. The number of rotatable bonds is 7. The number of imide groups is 1. The molecule has 1 rings (SSSR count). The van der Waals surface area contributed by atoms with Gasteiger partial charge in [-0.1, -0.05) is 6.92 Å². The van der Waals surface area contributed by atoms with Gasteiger partial charge in [-0.25, -0.2) is 0 Å². The Hall–Kier alpha value is -0.940. The zero-order valence-electron chi connectivity index (χ0n) is 11.9. The fraction of sp³-hybridized carbons (Fsp3) is 0.846. The van der Waals surface area contributed by atoms with Crippen molar-refractivity contribution in [2.75, 3.05) is 26.7 Å². The van der Waals surface area contributed by atoms with Gasteiger partial charge in [-0.2, -0.15) is 0 Å². The topological polar surface area (TPSA) is 52.7 Å². The summed E-state index contributed by atoms with van der Waals surface area (Å²) in [6.07, 6.45) is 1.13. The molecule has 0 radical (unpaired) electrons. The Morgan fingerprint density at radius 3 is 2.67 bits per heavy atom. The molecule has 1 aliphatic heterocycles. The highest BCUT2D eigenvalue weighted by Crippen LogP contribution is 2.13. The van der Waals surface area contributed by atoms with Gasteiger partial charge in [0.25, 0.3) is 0 Å². The third-order valence-corrected chi connectivity index (χ3v) is 3.43. The maximum atomic E-state index is 11.9. The van der Waals surface area contributed by atoms with E-state index in [-0.39, 0.29) is 17.9 Å². The van der Waals surface area contributed by atoms with Gasteiger partial charge in [0.2, 0.25) is 11.8 Å². The van der Waals surface area contributed by atoms with Gasteiger partial charge in [-0.05, 0) is 27.3 Å². The van der Waals surface area contributed by atoms with Crippen molar-refractivity contribution >= 4 is 11.8 Å². The van der Waals surface area contributed by atoms with E-state index >= 15 is 0 Å². The molecular weight excluding hydrogens is 230 g/mol. The number of carbonyl (C=O) groups is 2. The van der Waals surface area contributed by atoms with Crippen LogP contribution in [0.1, 0.15) is 33.6 Å². The molecule has 1 heterocycles. The first-order valence-electron chi connectivity index (χ1n) is 6.75. The summed E-state index contributed by atoms with van der Waals surface area (Å²) >= 11 is 0. The van der Waals surface area contributed by atoms with Gasteiger partial charge >= 0.3 is 0 Å². The molecule has 0 aromatic heterocycles. The fourth-order valence-electron chi connectivity index (χ4n) is 1.97. The molecule has 1 N–H and O–H groups in total. The predicted octanol–water partition coefficient (Wildman–Crippen LogP) is 0.454. The van der Waals surface area contributed by atoms with Crippen LogP contribution in [0.4, 0.5) is 0 Å². The molecule has 1 aliphatic rings. The first-order chi connectivity index (χ1) is 8.47. The van der Waals surface area contributed by atoms with E-state index in [1.165, 1.54) is 4.90 Å². The second-order valence-corrected chi connectivity index (χ2v) is 5.17. The lowest BCUT2D eigenvalue weighted by atomic mass is 10.2. The van der Waals surface area contributed by atoms with Crippen LogP contribution in [-0.2, 0) is 9.59 Å². The van der Waals surface area contributed by atoms with Crippen LogP contribution in [0.25, 0.3) is 0 Å². The van der Waals surface area contributed by atoms with Crippen LogP contribution in [-0.4, -0.2) is 60.4 Å². The number of nitrogens with zero attached hydrogens (tertiary/aromatic N) is 2. The fourth-order valence-corrected chi connectivity index (χ4v) is 1.97. The summed E-state index contributed by atoms with van der Waals surface area (Å²) in [6, 6.07) is 0.175. The second-order valence-electron chi connectivity index (χ2n) is 5.17. The molecule has 2 amide bonds. The molecule has 18 heavy (non-hydrogen) atoms. The minimum absolute atomic E-state index is 0.0448. The number of likely N-dealkylation sites (N-methyl/N-ethyl adjacent to an activating group) is 1. The van der Waals surface area contributed by atoms with E-state index in [0.29, 0.717) is 19.0 Å². The van der Waals surface area contributed by atoms with Crippen LogP contribution in [0.2, 0.25) is 0 Å². The number of likely N-dealkylation sites (tertiary alicyclic amines) is 1. The summed E-state index contributed by atoms with van der Waals surface area (Å²) in [5.41, 5.74) is 0. The summed E-state index contributed by atoms with van der Waals surface area (Å²) in [5.74, 6) is -0.106. The lowest BCUT2D eigenvalue weighted by Gasteiger charge is -2.22. The summed E-state index contributed by atoms with van der Waals surface area (Å²) in [6.45, 7) is 8.39. The molecule has 1 saturated heterocycles. The van der Waals surface area contributed by atoms with Gasteiger partial charge in [-0.3, -0.25) is 14.5 Å². The van der Waals surface area contributed by atoms with Crippen molar-refractivity contribution < 1.29 is 9.59 Å². The highest BCUT2D eigenvalue weighted by atomic mass is 16.2. The van der Waals surface area contributed by atoms with Gasteiger partial charge in [0.1, 0.15) is 0 Å². The van der Waals surface area contributed by atoms with Gasteiger partial charge in [0.15, 0.2) is 0 Å². The molecule has 1 atom stereocenters. The van der Waals surface area contributed by atoms with Gasteiger partial charge in [0, 0.05) is 25.7 Å². The van der Waals surface area contributed by atoms with E-state index in [1.54, 1.807) is 0 Å². The van der Waals surface area contributed by atoms with Crippen molar-refractivity contribution in [2.45, 2.75) is 45.7 Å². The Balaban J connectivity index is 2.36. The molecule has 0 spiro atoms. The first kappa shape index (κ1) is 15.1. The Morgan fingerprint density at radius 1 is 1.44 bits per heavy atom. The number of amides is 2. The Morgan fingerprint density at radius 2 is 2.11 bits per heavy atom. The second kappa shape index (κ2) is 6.85. The van der Waals surface area contributed by atoms with Crippen molar-refractivity contribution in [3.05, 3.63) is 0 Å². The SMILES string of the molecule is CCCN1C(=O)CC(NCCN(C)C(C)C)C1=O. The van der Waals surface area contributed by atoms with Crippen LogP contribution in [0.5, 0.6) is 0 Å². The molecule has 0 saturated carbocycles. The van der Waals surface area contributed by atoms with E-state index in [2.05, 4.69) is 31.1 Å². The minimum atomic E-state index is -0.315. The quantitative estimate of drug-likeness (QED) is 0.671. The summed E-state index contributed by atoms with van der Waals surface area (Å²) < 4.78 is 0. The minimum Gasteiger partial charge on any atom is -0.304 e. The third-order valence-electron chi connectivity index (χ3n) is 3.43. The normalized spacial score (nSPS) is 20.6. The highest BCUT2D eigenvalue weighted by Gasteiger charge is 2.37. The smallest absolute Gasteiger partial charge is 0.246 e. The molecule has 0 aromatic carbocycles. The average molecular weight is 255 g/mol. The molecule has 1 fully saturated rings. The molecular formula is C13H25N3O2. The average Bonchev–Trinajstić information content (AvgIpc) is 2.57. The standard InChI is InChI=1S/C13H25N3O2/c1-5-7-16-12(17)9-11(13(16)18)14-6-8-15(4)10(2)3/h10-11,14H,5-9H2,1-4H3. The van der Waals surface area contributed by atoms with E-state index in [0.717, 1.165) is 19.5 Å². The van der Waals surface area contributed by atoms with Crippen LogP contribution >= 0.6 is 0 Å². The van der Waals surface area contributed by atoms with Crippen molar-refractivity contribution in [1.82, 2.24) is 15.1 Å². The van der Waals surface area contributed by atoms with E-state index < -0.39 is 0 Å². The zero-order chi connectivity index (χ0) is 13.7. The van der Waals surface area contributed by atoms with E-state index in [1.807, 2.05) is 6.92 Å². The monoisotopic (exact) mass is 255 g/mol. The molecule has 5 nitrogen and oxygen atoms in total. The first-order valence-corrected chi connectivity index (χ1v) is 6.75. The molecule has 0 aromatic rings. The van der Waals surface area contributed by atoms with Gasteiger partial charge < -0.3 is 10.2 Å². The van der Waals surface area contributed by atoms with Crippen molar-refractivity contribution in [1.29, 1.82) is 0 Å². The molecule has 104 valence electrons. The van der Waals surface area contributed by atoms with Crippen LogP contribution in [0.3, 0.4) is 0 Å². The molecule has 0 bridgehead atoms. The van der Waals surface area contributed by atoms with Crippen molar-refractivity contribution in [2.24, 2.45) is 0 Å². The Labute approximate surface area is 110 Å². The van der Waals surface area contributed by atoms with Crippen molar-refractivity contribution in [3.63, 3.8) is 0 Å². The maximum absolute atomic E-state index is 11.9. The summed E-state index contributed by atoms with van der Waals surface area (Å²) in [4.78, 5) is 27.2. The van der Waals surface area contributed by atoms with Crippen LogP contribution < -0.4 is 5.32 Å². The molecule has 5 heteroatoms. The third kappa shape index (κ3) is 3.78. The maximum Gasteiger partial charge on any atom is 0.246 e. The number of nitrogens with one attached hydrogen (secondary N) is 1. The van der Waals surface area contributed by atoms with Crippen LogP contribution in [0.15, 0.2) is 0 Å². The lowest BCUT2D eigenvalue weighted by Crippen LogP contribution is -2.42. The Bertz CT molecular complexity index is 305. The summed E-state index contributed by atoms with van der Waals surface area (Å²) in [7, 11) is 2.05. The van der Waals surface area contributed by atoms with Gasteiger partial charge in [0.05, 0.1) is 12.5 Å². The summed E-state index contributed by atoms with van der Waals surface area (Å²) in [5, 5.41) is 3.18. The largest absolute Gasteiger partial charge is 0.304 e. The van der Waals surface area contributed by atoms with Crippen molar-refractivity contribution in [3.8, 4) is 0 Å².